The molecule has 0 unspecified atom stereocenters. The molecule has 0 spiro atoms. The topological polar surface area (TPSA) is 116 Å². The number of pyridine rings is 1. The largest absolute Gasteiger partial charge is 0.493 e. The molecule has 1 amide bonds. The van der Waals surface area contributed by atoms with Crippen LogP contribution in [0.1, 0.15) is 16.1 Å². The molecule has 0 aliphatic heterocycles. The molecule has 0 fully saturated rings. The van der Waals surface area contributed by atoms with Crippen molar-refractivity contribution < 1.29 is 19.2 Å². The highest BCUT2D eigenvalue weighted by Gasteiger charge is 2.24. The van der Waals surface area contributed by atoms with E-state index in [1.54, 1.807) is 12.4 Å². The van der Waals surface area contributed by atoms with E-state index in [0.29, 0.717) is 5.69 Å². The van der Waals surface area contributed by atoms with E-state index in [2.05, 4.69) is 15.3 Å². The number of methoxy groups -OCH3 is 2. The Labute approximate surface area is 164 Å². The van der Waals surface area contributed by atoms with E-state index >= 15 is 0 Å². The van der Waals surface area contributed by atoms with Crippen molar-refractivity contribution in [2.24, 2.45) is 0 Å². The van der Waals surface area contributed by atoms with E-state index < -0.39 is 10.8 Å². The molecule has 0 saturated carbocycles. The fourth-order valence-corrected chi connectivity index (χ4v) is 3.29. The third-order valence-corrected chi connectivity index (χ3v) is 4.77. The highest BCUT2D eigenvalue weighted by molar-refractivity contribution is 7.13. The molecule has 0 aliphatic carbocycles. The first-order valence-corrected chi connectivity index (χ1v) is 8.95. The van der Waals surface area contributed by atoms with Gasteiger partial charge in [0.15, 0.2) is 11.5 Å². The molecule has 3 aromatic rings. The van der Waals surface area contributed by atoms with Gasteiger partial charge < -0.3 is 14.8 Å². The number of hydrogen-bond donors (Lipinski definition) is 1. The normalized spacial score (nSPS) is 10.4. The van der Waals surface area contributed by atoms with Crippen LogP contribution in [0.5, 0.6) is 11.5 Å². The number of carbonyl (C=O) groups excluding carboxylic acids is 1. The molecule has 0 bridgehead atoms. The smallest absolute Gasteiger partial charge is 0.286 e. The number of nitro groups is 1. The van der Waals surface area contributed by atoms with Gasteiger partial charge in [-0.3, -0.25) is 19.9 Å². The number of nitrogens with one attached hydrogen (secondary N) is 1. The van der Waals surface area contributed by atoms with Gasteiger partial charge in [-0.25, -0.2) is 4.98 Å². The van der Waals surface area contributed by atoms with Gasteiger partial charge in [0, 0.05) is 29.4 Å². The second kappa shape index (κ2) is 8.44. The Kier molecular flexibility index (Phi) is 5.80. The number of carbonyl (C=O) groups is 1. The van der Waals surface area contributed by atoms with Crippen LogP contribution in [0.15, 0.2) is 42.0 Å². The zero-order valence-corrected chi connectivity index (χ0v) is 15.9. The lowest BCUT2D eigenvalue weighted by Gasteiger charge is -2.10. The van der Waals surface area contributed by atoms with Gasteiger partial charge in [0.1, 0.15) is 10.6 Å². The summed E-state index contributed by atoms with van der Waals surface area (Å²) >= 11 is 1.42. The fraction of sp³-hybridized carbons (Fsp3) is 0.167. The molecule has 0 saturated heterocycles. The minimum Gasteiger partial charge on any atom is -0.493 e. The van der Waals surface area contributed by atoms with Gasteiger partial charge in [0.2, 0.25) is 0 Å². The molecular weight excluding hydrogens is 384 g/mol. The van der Waals surface area contributed by atoms with Crippen molar-refractivity contribution in [3.63, 3.8) is 0 Å². The van der Waals surface area contributed by atoms with E-state index in [1.165, 1.54) is 31.6 Å². The van der Waals surface area contributed by atoms with Crippen molar-refractivity contribution in [1.29, 1.82) is 0 Å². The number of amides is 1. The number of benzene rings is 1. The highest BCUT2D eigenvalue weighted by atomic mass is 32.1. The first-order valence-electron chi connectivity index (χ1n) is 8.07. The van der Waals surface area contributed by atoms with Crippen molar-refractivity contribution in [3.8, 4) is 22.1 Å². The third-order valence-electron chi connectivity index (χ3n) is 3.83. The molecule has 9 nitrogen and oxygen atoms in total. The minimum absolute atomic E-state index is 0.120. The first-order chi connectivity index (χ1) is 13.5. The van der Waals surface area contributed by atoms with Crippen LogP contribution in [0, 0.1) is 10.1 Å². The average Bonchev–Trinajstić information content (AvgIpc) is 3.20. The Morgan fingerprint density at radius 1 is 1.29 bits per heavy atom. The number of rotatable bonds is 7. The lowest BCUT2D eigenvalue weighted by atomic mass is 10.1. The SMILES string of the molecule is COc1cc(C(=O)NCc2csc(-c3cccnc3)n2)c([N+](=O)[O-])cc1OC. The molecule has 10 heteroatoms. The zero-order valence-electron chi connectivity index (χ0n) is 15.0. The van der Waals surface area contributed by atoms with Crippen molar-refractivity contribution in [2.45, 2.75) is 6.54 Å². The summed E-state index contributed by atoms with van der Waals surface area (Å²) in [5.74, 6) is -0.208. The molecule has 0 atom stereocenters. The van der Waals surface area contributed by atoms with E-state index in [1.807, 2.05) is 17.5 Å². The Bertz CT molecular complexity index is 1010. The van der Waals surface area contributed by atoms with Crippen LogP contribution < -0.4 is 14.8 Å². The number of aromatic nitrogens is 2. The van der Waals surface area contributed by atoms with Crippen LogP contribution in [-0.4, -0.2) is 35.0 Å². The molecule has 2 heterocycles. The monoisotopic (exact) mass is 400 g/mol. The Morgan fingerprint density at radius 3 is 2.68 bits per heavy atom. The van der Waals surface area contributed by atoms with E-state index in [-0.39, 0.29) is 29.3 Å². The van der Waals surface area contributed by atoms with Crippen LogP contribution in [0.3, 0.4) is 0 Å². The maximum atomic E-state index is 12.5. The Morgan fingerprint density at radius 2 is 2.04 bits per heavy atom. The average molecular weight is 400 g/mol. The summed E-state index contributed by atoms with van der Waals surface area (Å²) in [5.41, 5.74) is 1.02. The zero-order chi connectivity index (χ0) is 20.1. The third kappa shape index (κ3) is 4.07. The van der Waals surface area contributed by atoms with E-state index in [9.17, 15) is 14.9 Å². The van der Waals surface area contributed by atoms with Crippen LogP contribution in [0.25, 0.3) is 10.6 Å². The molecule has 1 aromatic carbocycles. The van der Waals surface area contributed by atoms with Crippen LogP contribution >= 0.6 is 11.3 Å². The van der Waals surface area contributed by atoms with Crippen molar-refractivity contribution in [1.82, 2.24) is 15.3 Å². The predicted molar refractivity (Wildman–Crippen MR) is 103 cm³/mol. The predicted octanol–water partition coefficient (Wildman–Crippen LogP) is 3.06. The van der Waals surface area contributed by atoms with Gasteiger partial charge in [-0.05, 0) is 12.1 Å². The van der Waals surface area contributed by atoms with E-state index in [4.69, 9.17) is 9.47 Å². The molecule has 0 radical (unpaired) electrons. The summed E-state index contributed by atoms with van der Waals surface area (Å²) in [6.07, 6.45) is 3.38. The van der Waals surface area contributed by atoms with Gasteiger partial charge in [-0.15, -0.1) is 11.3 Å². The molecule has 28 heavy (non-hydrogen) atoms. The first kappa shape index (κ1) is 19.2. The van der Waals surface area contributed by atoms with Crippen molar-refractivity contribution in [3.05, 3.63) is 63.4 Å². The summed E-state index contributed by atoms with van der Waals surface area (Å²) in [5, 5.41) is 16.6. The van der Waals surface area contributed by atoms with Crippen LogP contribution in [0.4, 0.5) is 5.69 Å². The standard InChI is InChI=1S/C18H16N4O5S/c1-26-15-6-13(14(22(24)25)7-16(15)27-2)17(23)20-9-12-10-28-18(21-12)11-4-3-5-19-8-11/h3-8,10H,9H2,1-2H3,(H,20,23). The summed E-state index contributed by atoms with van der Waals surface area (Å²) in [7, 11) is 2.75. The molecule has 3 rings (SSSR count). The van der Waals surface area contributed by atoms with Gasteiger partial charge in [-0.1, -0.05) is 0 Å². The fourth-order valence-electron chi connectivity index (χ4n) is 2.48. The number of nitrogens with zero attached hydrogens (tertiary/aromatic N) is 3. The number of ether oxygens (including phenoxy) is 2. The molecule has 0 aliphatic rings. The summed E-state index contributed by atoms with van der Waals surface area (Å²) in [4.78, 5) is 31.7. The van der Waals surface area contributed by atoms with Gasteiger partial charge in [0.05, 0.1) is 37.4 Å². The number of thiazole rings is 1. The minimum atomic E-state index is -0.639. The van der Waals surface area contributed by atoms with Crippen molar-refractivity contribution >= 4 is 22.9 Å². The van der Waals surface area contributed by atoms with Crippen molar-refractivity contribution in [2.75, 3.05) is 14.2 Å². The Balaban J connectivity index is 1.78. The molecular formula is C18H16N4O5S. The lowest BCUT2D eigenvalue weighted by Crippen LogP contribution is -2.24. The summed E-state index contributed by atoms with van der Waals surface area (Å²) < 4.78 is 10.2. The number of nitro benzene ring substituents is 1. The number of hydrogen-bond acceptors (Lipinski definition) is 8. The lowest BCUT2D eigenvalue weighted by molar-refractivity contribution is -0.385. The van der Waals surface area contributed by atoms with Crippen LogP contribution in [0.2, 0.25) is 0 Å². The molecule has 1 N–H and O–H groups in total. The quantitative estimate of drug-likeness (QED) is 0.478. The van der Waals surface area contributed by atoms with Gasteiger partial charge in [0.25, 0.3) is 11.6 Å². The molecule has 144 valence electrons. The highest BCUT2D eigenvalue weighted by Crippen LogP contribution is 2.34. The van der Waals surface area contributed by atoms with Gasteiger partial charge >= 0.3 is 0 Å². The second-order valence-electron chi connectivity index (χ2n) is 5.55. The maximum absolute atomic E-state index is 12.5. The Hall–Kier alpha value is -3.53. The van der Waals surface area contributed by atoms with E-state index in [0.717, 1.165) is 16.6 Å². The van der Waals surface area contributed by atoms with Gasteiger partial charge in [-0.2, -0.15) is 0 Å². The second-order valence-corrected chi connectivity index (χ2v) is 6.41. The summed E-state index contributed by atoms with van der Waals surface area (Å²) in [6, 6.07) is 6.15. The molecule has 2 aromatic heterocycles. The van der Waals surface area contributed by atoms with Crippen LogP contribution in [-0.2, 0) is 6.54 Å². The maximum Gasteiger partial charge on any atom is 0.286 e. The summed E-state index contributed by atoms with van der Waals surface area (Å²) in [6.45, 7) is 0.126.